The van der Waals surface area contributed by atoms with Crippen LogP contribution < -0.4 is 9.47 Å². The molecule has 0 fully saturated rings. The number of hydrogen-bond donors (Lipinski definition) is 0. The van der Waals surface area contributed by atoms with Crippen LogP contribution in [-0.2, 0) is 4.79 Å². The molecule has 146 valence electrons. The predicted molar refractivity (Wildman–Crippen MR) is 110 cm³/mol. The summed E-state index contributed by atoms with van der Waals surface area (Å²) in [5.41, 5.74) is 3.21. The van der Waals surface area contributed by atoms with E-state index in [4.69, 9.17) is 9.47 Å². The first kappa shape index (κ1) is 19.9. The van der Waals surface area contributed by atoms with Gasteiger partial charge in [-0.1, -0.05) is 37.3 Å². The van der Waals surface area contributed by atoms with E-state index in [0.29, 0.717) is 23.7 Å². The van der Waals surface area contributed by atoms with E-state index >= 15 is 0 Å². The molecule has 0 radical (unpaired) electrons. The van der Waals surface area contributed by atoms with E-state index in [0.717, 1.165) is 23.1 Å². The molecule has 1 aliphatic heterocycles. The van der Waals surface area contributed by atoms with Crippen molar-refractivity contribution in [3.63, 3.8) is 0 Å². The van der Waals surface area contributed by atoms with Crippen LogP contribution in [0.1, 0.15) is 50.8 Å². The molecule has 3 rings (SSSR count). The number of ether oxygens (including phenoxy) is 2. The third-order valence-electron chi connectivity index (χ3n) is 4.65. The average molecular weight is 380 g/mol. The minimum Gasteiger partial charge on any atom is -0.493 e. The van der Waals surface area contributed by atoms with Gasteiger partial charge in [-0.05, 0) is 56.0 Å². The molecule has 2 aromatic rings. The normalized spacial score (nSPS) is 15.7. The Kier molecular flexibility index (Phi) is 5.68. The van der Waals surface area contributed by atoms with Crippen molar-refractivity contribution in [3.05, 3.63) is 71.1 Å². The number of fused-ring (bicyclic) bond motifs is 1. The molecule has 0 bridgehead atoms. The van der Waals surface area contributed by atoms with E-state index in [1.807, 2.05) is 57.2 Å². The summed E-state index contributed by atoms with van der Waals surface area (Å²) in [6.07, 6.45) is 3.11. The first-order valence-corrected chi connectivity index (χ1v) is 9.46. The minimum atomic E-state index is -0.802. The fourth-order valence-corrected chi connectivity index (χ4v) is 3.29. The van der Waals surface area contributed by atoms with E-state index in [1.165, 1.54) is 0 Å². The maximum absolute atomic E-state index is 14.1. The second-order valence-electron chi connectivity index (χ2n) is 7.41. The first-order valence-electron chi connectivity index (χ1n) is 9.46. The summed E-state index contributed by atoms with van der Waals surface area (Å²) < 4.78 is 26.1. The van der Waals surface area contributed by atoms with Gasteiger partial charge < -0.3 is 9.47 Å². The van der Waals surface area contributed by atoms with Crippen LogP contribution in [0.15, 0.2) is 54.4 Å². The number of rotatable bonds is 6. The Hall–Kier alpha value is -2.88. The molecule has 0 saturated carbocycles. The standard InChI is InChI=1S/C24H25FO3/c1-5-11-27-22-13-23-19(12-18(22)16(2)21(25)15-26)20(14-24(3,4)28-23)17-9-7-6-8-10-17/h6-10,12-15H,5,11H2,1-4H3. The molecule has 0 aliphatic carbocycles. The van der Waals surface area contributed by atoms with E-state index in [2.05, 4.69) is 6.08 Å². The molecule has 28 heavy (non-hydrogen) atoms. The fraction of sp³-hybridized carbons (Fsp3) is 0.292. The van der Waals surface area contributed by atoms with Crippen LogP contribution >= 0.6 is 0 Å². The zero-order valence-corrected chi connectivity index (χ0v) is 16.7. The molecular weight excluding hydrogens is 355 g/mol. The molecule has 0 spiro atoms. The monoisotopic (exact) mass is 380 g/mol. The van der Waals surface area contributed by atoms with Gasteiger partial charge in [0.1, 0.15) is 17.1 Å². The predicted octanol–water partition coefficient (Wildman–Crippen LogP) is 5.98. The second kappa shape index (κ2) is 8.01. The molecule has 0 atom stereocenters. The van der Waals surface area contributed by atoms with Gasteiger partial charge in [0.05, 0.1) is 6.61 Å². The molecule has 0 aromatic heterocycles. The van der Waals surface area contributed by atoms with Crippen molar-refractivity contribution >= 4 is 17.4 Å². The molecule has 0 unspecified atom stereocenters. The molecule has 0 N–H and O–H groups in total. The van der Waals surface area contributed by atoms with E-state index in [1.54, 1.807) is 13.0 Å². The van der Waals surface area contributed by atoms with Gasteiger partial charge in [0.25, 0.3) is 0 Å². The van der Waals surface area contributed by atoms with Crippen LogP contribution in [0.2, 0.25) is 0 Å². The summed E-state index contributed by atoms with van der Waals surface area (Å²) >= 11 is 0. The third kappa shape index (κ3) is 4.01. The van der Waals surface area contributed by atoms with E-state index in [9.17, 15) is 9.18 Å². The highest BCUT2D eigenvalue weighted by atomic mass is 19.1. The lowest BCUT2D eigenvalue weighted by Gasteiger charge is -2.32. The highest BCUT2D eigenvalue weighted by Crippen LogP contribution is 2.44. The third-order valence-corrected chi connectivity index (χ3v) is 4.65. The van der Waals surface area contributed by atoms with Gasteiger partial charge in [0, 0.05) is 17.2 Å². The van der Waals surface area contributed by atoms with Gasteiger partial charge >= 0.3 is 0 Å². The van der Waals surface area contributed by atoms with Gasteiger partial charge in [-0.3, -0.25) is 4.79 Å². The Balaban J connectivity index is 2.24. The number of aldehydes is 1. The molecule has 4 heteroatoms. The number of benzene rings is 2. The zero-order chi connectivity index (χ0) is 20.3. The van der Waals surface area contributed by atoms with Gasteiger partial charge in [0.2, 0.25) is 0 Å². The van der Waals surface area contributed by atoms with E-state index < -0.39 is 11.4 Å². The lowest BCUT2D eigenvalue weighted by atomic mass is 9.88. The van der Waals surface area contributed by atoms with Gasteiger partial charge in [-0.2, -0.15) is 0 Å². The summed E-state index contributed by atoms with van der Waals surface area (Å²) in [6.45, 7) is 8.08. The quantitative estimate of drug-likeness (QED) is 0.457. The van der Waals surface area contributed by atoms with Crippen molar-refractivity contribution in [2.75, 3.05) is 6.61 Å². The average Bonchev–Trinajstić information content (AvgIpc) is 2.69. The van der Waals surface area contributed by atoms with Crippen molar-refractivity contribution in [3.8, 4) is 11.5 Å². The summed E-state index contributed by atoms with van der Waals surface area (Å²) in [5, 5.41) is 0. The van der Waals surface area contributed by atoms with Crippen LogP contribution in [-0.4, -0.2) is 18.5 Å². The van der Waals surface area contributed by atoms with Gasteiger partial charge in [-0.25, -0.2) is 4.39 Å². The Morgan fingerprint density at radius 3 is 2.57 bits per heavy atom. The van der Waals surface area contributed by atoms with Crippen molar-refractivity contribution in [1.29, 1.82) is 0 Å². The molecule has 2 aromatic carbocycles. The lowest BCUT2D eigenvalue weighted by Crippen LogP contribution is -2.29. The molecular formula is C24H25FO3. The number of carbonyl (C=O) groups is 1. The Morgan fingerprint density at radius 1 is 1.21 bits per heavy atom. The van der Waals surface area contributed by atoms with Crippen LogP contribution in [0.4, 0.5) is 4.39 Å². The van der Waals surface area contributed by atoms with Crippen molar-refractivity contribution in [1.82, 2.24) is 0 Å². The summed E-state index contributed by atoms with van der Waals surface area (Å²) in [6, 6.07) is 13.7. The molecule has 1 heterocycles. The molecule has 1 aliphatic rings. The minimum absolute atomic E-state index is 0.228. The summed E-state index contributed by atoms with van der Waals surface area (Å²) in [4.78, 5) is 11.0. The highest BCUT2D eigenvalue weighted by molar-refractivity contribution is 5.91. The Bertz CT molecular complexity index is 940. The van der Waals surface area contributed by atoms with Gasteiger partial charge in [0.15, 0.2) is 12.1 Å². The maximum atomic E-state index is 14.1. The molecule has 0 saturated heterocycles. The van der Waals surface area contributed by atoms with Crippen molar-refractivity contribution in [2.24, 2.45) is 0 Å². The number of allylic oxidation sites excluding steroid dienone is 2. The number of halogens is 1. The van der Waals surface area contributed by atoms with Crippen molar-refractivity contribution in [2.45, 2.75) is 39.7 Å². The van der Waals surface area contributed by atoms with Crippen LogP contribution in [0.25, 0.3) is 11.1 Å². The first-order chi connectivity index (χ1) is 13.4. The Morgan fingerprint density at radius 2 is 1.93 bits per heavy atom. The fourth-order valence-electron chi connectivity index (χ4n) is 3.29. The largest absolute Gasteiger partial charge is 0.493 e. The molecule has 0 amide bonds. The Labute approximate surface area is 165 Å². The maximum Gasteiger partial charge on any atom is 0.178 e. The smallest absolute Gasteiger partial charge is 0.178 e. The van der Waals surface area contributed by atoms with Crippen molar-refractivity contribution < 1.29 is 18.7 Å². The SMILES string of the molecule is CCCOc1cc2c(cc1C(C)=C(F)C=O)C(c1ccccc1)=CC(C)(C)O2. The summed E-state index contributed by atoms with van der Waals surface area (Å²) in [5.74, 6) is 0.393. The van der Waals surface area contributed by atoms with Crippen LogP contribution in [0, 0.1) is 0 Å². The zero-order valence-electron chi connectivity index (χ0n) is 16.7. The number of carbonyl (C=O) groups excluding carboxylic acids is 1. The van der Waals surface area contributed by atoms with Crippen LogP contribution in [0.3, 0.4) is 0 Å². The molecule has 3 nitrogen and oxygen atoms in total. The van der Waals surface area contributed by atoms with Crippen LogP contribution in [0.5, 0.6) is 11.5 Å². The highest BCUT2D eigenvalue weighted by Gasteiger charge is 2.29. The number of hydrogen-bond acceptors (Lipinski definition) is 3. The summed E-state index contributed by atoms with van der Waals surface area (Å²) in [7, 11) is 0. The van der Waals surface area contributed by atoms with Gasteiger partial charge in [-0.15, -0.1) is 0 Å². The second-order valence-corrected chi connectivity index (χ2v) is 7.41. The topological polar surface area (TPSA) is 35.5 Å². The lowest BCUT2D eigenvalue weighted by molar-refractivity contribution is -0.106. The van der Waals surface area contributed by atoms with E-state index in [-0.39, 0.29) is 11.9 Å².